The number of methoxy groups -OCH3 is 2. The Hall–Kier alpha value is -2.43. The summed E-state index contributed by atoms with van der Waals surface area (Å²) in [6, 6.07) is 11.2. The molecule has 0 radical (unpaired) electrons. The van der Waals surface area contributed by atoms with Crippen LogP contribution in [0.3, 0.4) is 0 Å². The molecule has 0 fully saturated rings. The van der Waals surface area contributed by atoms with Crippen LogP contribution in [0, 0.1) is 0 Å². The van der Waals surface area contributed by atoms with Crippen molar-refractivity contribution in [1.29, 1.82) is 0 Å². The van der Waals surface area contributed by atoms with Crippen molar-refractivity contribution < 1.29 is 14.2 Å². The van der Waals surface area contributed by atoms with E-state index in [1.807, 2.05) is 36.4 Å². The SMILES string of the molecule is COc1cccc(OC)c1OCCNc1ccccn1. The van der Waals surface area contributed by atoms with E-state index in [1.54, 1.807) is 20.4 Å². The monoisotopic (exact) mass is 274 g/mol. The smallest absolute Gasteiger partial charge is 0.203 e. The highest BCUT2D eigenvalue weighted by Gasteiger charge is 2.10. The predicted octanol–water partition coefficient (Wildman–Crippen LogP) is 2.59. The van der Waals surface area contributed by atoms with Gasteiger partial charge in [0.05, 0.1) is 20.8 Å². The van der Waals surface area contributed by atoms with Crippen LogP contribution in [0.4, 0.5) is 5.82 Å². The van der Waals surface area contributed by atoms with Crippen molar-refractivity contribution in [1.82, 2.24) is 4.98 Å². The van der Waals surface area contributed by atoms with Gasteiger partial charge in [0.25, 0.3) is 0 Å². The molecule has 0 saturated carbocycles. The second kappa shape index (κ2) is 7.23. The van der Waals surface area contributed by atoms with Gasteiger partial charge in [-0.15, -0.1) is 0 Å². The molecule has 0 spiro atoms. The summed E-state index contributed by atoms with van der Waals surface area (Å²) in [7, 11) is 3.21. The van der Waals surface area contributed by atoms with Gasteiger partial charge in [0.2, 0.25) is 5.75 Å². The van der Waals surface area contributed by atoms with Gasteiger partial charge in [-0.2, -0.15) is 0 Å². The highest BCUT2D eigenvalue weighted by Crippen LogP contribution is 2.36. The van der Waals surface area contributed by atoms with Crippen molar-refractivity contribution in [3.63, 3.8) is 0 Å². The molecular formula is C15H18N2O3. The lowest BCUT2D eigenvalue weighted by Crippen LogP contribution is -2.13. The van der Waals surface area contributed by atoms with Crippen LogP contribution in [0.25, 0.3) is 0 Å². The van der Waals surface area contributed by atoms with Gasteiger partial charge >= 0.3 is 0 Å². The van der Waals surface area contributed by atoms with Gasteiger partial charge in [0.15, 0.2) is 11.5 Å². The summed E-state index contributed by atoms with van der Waals surface area (Å²) < 4.78 is 16.3. The molecule has 0 aliphatic carbocycles. The number of pyridine rings is 1. The minimum absolute atomic E-state index is 0.479. The van der Waals surface area contributed by atoms with E-state index in [9.17, 15) is 0 Å². The van der Waals surface area contributed by atoms with Crippen LogP contribution in [-0.2, 0) is 0 Å². The van der Waals surface area contributed by atoms with E-state index in [2.05, 4.69) is 10.3 Å². The minimum atomic E-state index is 0.479. The Morgan fingerprint density at radius 2 is 1.75 bits per heavy atom. The van der Waals surface area contributed by atoms with Crippen molar-refractivity contribution in [3.8, 4) is 17.2 Å². The maximum Gasteiger partial charge on any atom is 0.203 e. The maximum absolute atomic E-state index is 5.73. The molecule has 5 heteroatoms. The zero-order chi connectivity index (χ0) is 14.2. The number of benzene rings is 1. The molecule has 0 aliphatic rings. The second-order valence-electron chi connectivity index (χ2n) is 3.98. The van der Waals surface area contributed by atoms with Crippen LogP contribution in [0.2, 0.25) is 0 Å². The van der Waals surface area contributed by atoms with Crippen LogP contribution in [-0.4, -0.2) is 32.4 Å². The lowest BCUT2D eigenvalue weighted by atomic mass is 10.3. The number of rotatable bonds is 7. The Bertz CT molecular complexity index is 510. The standard InChI is InChI=1S/C15H18N2O3/c1-18-12-6-5-7-13(19-2)15(12)20-11-10-17-14-8-3-4-9-16-14/h3-9H,10-11H2,1-2H3,(H,16,17). The molecule has 0 amide bonds. The Morgan fingerprint density at radius 3 is 2.35 bits per heavy atom. The first-order valence-electron chi connectivity index (χ1n) is 6.34. The summed E-state index contributed by atoms with van der Waals surface area (Å²) in [5, 5.41) is 3.17. The molecule has 2 rings (SSSR count). The molecule has 0 bridgehead atoms. The molecule has 106 valence electrons. The number of hydrogen-bond acceptors (Lipinski definition) is 5. The quantitative estimate of drug-likeness (QED) is 0.786. The van der Waals surface area contributed by atoms with Crippen molar-refractivity contribution in [2.75, 3.05) is 32.7 Å². The van der Waals surface area contributed by atoms with E-state index in [0.29, 0.717) is 30.4 Å². The van der Waals surface area contributed by atoms with Gasteiger partial charge in [-0.3, -0.25) is 0 Å². The molecule has 0 aliphatic heterocycles. The van der Waals surface area contributed by atoms with E-state index >= 15 is 0 Å². The van der Waals surface area contributed by atoms with Crippen LogP contribution in [0.15, 0.2) is 42.6 Å². The maximum atomic E-state index is 5.73. The Labute approximate surface area is 118 Å². The van der Waals surface area contributed by atoms with Gasteiger partial charge in [-0.05, 0) is 24.3 Å². The lowest BCUT2D eigenvalue weighted by molar-refractivity contribution is 0.284. The number of nitrogens with zero attached hydrogens (tertiary/aromatic N) is 1. The number of para-hydroxylation sites is 1. The summed E-state index contributed by atoms with van der Waals surface area (Å²) in [4.78, 5) is 4.17. The van der Waals surface area contributed by atoms with Crippen molar-refractivity contribution in [2.24, 2.45) is 0 Å². The minimum Gasteiger partial charge on any atom is -0.493 e. The molecule has 0 unspecified atom stereocenters. The zero-order valence-electron chi connectivity index (χ0n) is 11.6. The summed E-state index contributed by atoms with van der Waals surface area (Å²) in [5.74, 6) is 2.74. The molecule has 1 heterocycles. The third kappa shape index (κ3) is 3.54. The third-order valence-electron chi connectivity index (χ3n) is 2.70. The molecule has 0 saturated heterocycles. The van der Waals surface area contributed by atoms with E-state index in [4.69, 9.17) is 14.2 Å². The number of nitrogens with one attached hydrogen (secondary N) is 1. The Morgan fingerprint density at radius 1 is 1.00 bits per heavy atom. The fourth-order valence-corrected chi connectivity index (χ4v) is 1.76. The molecule has 1 aromatic carbocycles. The normalized spacial score (nSPS) is 9.90. The first-order valence-corrected chi connectivity index (χ1v) is 6.34. The van der Waals surface area contributed by atoms with Gasteiger partial charge in [-0.25, -0.2) is 4.98 Å². The molecule has 1 N–H and O–H groups in total. The number of aromatic nitrogens is 1. The Balaban J connectivity index is 1.90. The van der Waals surface area contributed by atoms with Crippen LogP contribution in [0.5, 0.6) is 17.2 Å². The molecule has 5 nitrogen and oxygen atoms in total. The average Bonchev–Trinajstić information content (AvgIpc) is 2.52. The largest absolute Gasteiger partial charge is 0.493 e. The highest BCUT2D eigenvalue weighted by atomic mass is 16.5. The average molecular weight is 274 g/mol. The Kier molecular flexibility index (Phi) is 5.06. The topological polar surface area (TPSA) is 52.6 Å². The van der Waals surface area contributed by atoms with E-state index in [1.165, 1.54) is 0 Å². The molecular weight excluding hydrogens is 256 g/mol. The van der Waals surface area contributed by atoms with E-state index in [0.717, 1.165) is 5.82 Å². The fourth-order valence-electron chi connectivity index (χ4n) is 1.76. The number of hydrogen-bond donors (Lipinski definition) is 1. The third-order valence-corrected chi connectivity index (χ3v) is 2.70. The van der Waals surface area contributed by atoms with Crippen molar-refractivity contribution in [2.45, 2.75) is 0 Å². The molecule has 2 aromatic rings. The molecule has 1 aromatic heterocycles. The van der Waals surface area contributed by atoms with Gasteiger partial charge in [-0.1, -0.05) is 12.1 Å². The number of anilines is 1. The zero-order valence-corrected chi connectivity index (χ0v) is 11.6. The van der Waals surface area contributed by atoms with Gasteiger partial charge < -0.3 is 19.5 Å². The van der Waals surface area contributed by atoms with E-state index < -0.39 is 0 Å². The fraction of sp³-hybridized carbons (Fsp3) is 0.267. The summed E-state index contributed by atoms with van der Waals surface area (Å²) in [6.07, 6.45) is 1.74. The lowest BCUT2D eigenvalue weighted by Gasteiger charge is -2.14. The first-order chi connectivity index (χ1) is 9.85. The first kappa shape index (κ1) is 14.0. The van der Waals surface area contributed by atoms with Crippen LogP contribution < -0.4 is 19.5 Å². The highest BCUT2D eigenvalue weighted by molar-refractivity contribution is 5.51. The number of ether oxygens (including phenoxy) is 3. The van der Waals surface area contributed by atoms with E-state index in [-0.39, 0.29) is 0 Å². The summed E-state index contributed by atoms with van der Waals surface area (Å²) in [6.45, 7) is 1.12. The van der Waals surface area contributed by atoms with Gasteiger partial charge in [0, 0.05) is 6.20 Å². The van der Waals surface area contributed by atoms with Crippen molar-refractivity contribution in [3.05, 3.63) is 42.6 Å². The van der Waals surface area contributed by atoms with Crippen molar-refractivity contribution >= 4 is 5.82 Å². The summed E-state index contributed by atoms with van der Waals surface area (Å²) in [5.41, 5.74) is 0. The van der Waals surface area contributed by atoms with Gasteiger partial charge in [0.1, 0.15) is 12.4 Å². The van der Waals surface area contributed by atoms with Crippen LogP contribution >= 0.6 is 0 Å². The predicted molar refractivity (Wildman–Crippen MR) is 77.8 cm³/mol. The molecule has 20 heavy (non-hydrogen) atoms. The van der Waals surface area contributed by atoms with Crippen LogP contribution in [0.1, 0.15) is 0 Å². The summed E-state index contributed by atoms with van der Waals surface area (Å²) >= 11 is 0. The molecule has 0 atom stereocenters. The second-order valence-corrected chi connectivity index (χ2v) is 3.98.